The molecule has 2 N–H and O–H groups in total. The summed E-state index contributed by atoms with van der Waals surface area (Å²) in [6.45, 7) is -1.67. The maximum Gasteiger partial charge on any atom is 0.411 e. The normalized spacial score (nSPS) is 11.5. The Bertz CT molecular complexity index is 508. The van der Waals surface area contributed by atoms with Crippen molar-refractivity contribution in [1.29, 1.82) is 0 Å². The van der Waals surface area contributed by atoms with Gasteiger partial charge in [-0.15, -0.1) is 0 Å². The van der Waals surface area contributed by atoms with Crippen molar-refractivity contribution in [3.8, 4) is 0 Å². The zero-order chi connectivity index (χ0) is 16.0. The number of anilines is 1. The second kappa shape index (κ2) is 7.60. The Balaban J connectivity index is 2.36. The van der Waals surface area contributed by atoms with Crippen LogP contribution in [0.1, 0.15) is 16.8 Å². The molecule has 0 spiro atoms. The number of benzene rings is 1. The van der Waals surface area contributed by atoms with Crippen LogP contribution in [0.3, 0.4) is 0 Å². The molecule has 21 heavy (non-hydrogen) atoms. The number of halogens is 5. The first kappa shape index (κ1) is 17.7. The van der Waals surface area contributed by atoms with Gasteiger partial charge in [0, 0.05) is 10.9 Å². The maximum absolute atomic E-state index is 13.1. The number of rotatable bonds is 6. The van der Waals surface area contributed by atoms with Crippen molar-refractivity contribution in [2.45, 2.75) is 12.6 Å². The van der Waals surface area contributed by atoms with Gasteiger partial charge in [0.15, 0.2) is 0 Å². The van der Waals surface area contributed by atoms with Crippen LogP contribution in [0.15, 0.2) is 16.6 Å². The van der Waals surface area contributed by atoms with Gasteiger partial charge in [0.25, 0.3) is 0 Å². The minimum atomic E-state index is -4.38. The number of carbonyl (C=O) groups is 1. The van der Waals surface area contributed by atoms with Crippen molar-refractivity contribution in [1.82, 2.24) is 0 Å². The maximum atomic E-state index is 13.1. The van der Waals surface area contributed by atoms with Gasteiger partial charge in [0.2, 0.25) is 0 Å². The first-order valence-electron chi connectivity index (χ1n) is 5.77. The van der Waals surface area contributed by atoms with E-state index in [1.165, 1.54) is 0 Å². The smallest absolute Gasteiger partial charge is 0.411 e. The van der Waals surface area contributed by atoms with Crippen molar-refractivity contribution in [2.24, 2.45) is 0 Å². The highest BCUT2D eigenvalue weighted by Gasteiger charge is 2.27. The standard InChI is InChI=1S/C12H12BrF4NO3/c13-8-5-9(14)10(18)4-7(8)11(19)21-3-1-2-20-6-12(15,16)17/h4-5H,1-3,6,18H2. The highest BCUT2D eigenvalue weighted by atomic mass is 79.9. The van der Waals surface area contributed by atoms with Crippen LogP contribution in [0.2, 0.25) is 0 Å². The van der Waals surface area contributed by atoms with E-state index in [4.69, 9.17) is 10.5 Å². The van der Waals surface area contributed by atoms with Gasteiger partial charge in [-0.2, -0.15) is 13.2 Å². The number of ether oxygens (including phenoxy) is 2. The van der Waals surface area contributed by atoms with Gasteiger partial charge in [-0.05, 0) is 28.1 Å². The lowest BCUT2D eigenvalue weighted by molar-refractivity contribution is -0.174. The van der Waals surface area contributed by atoms with Gasteiger partial charge in [0.05, 0.1) is 24.5 Å². The van der Waals surface area contributed by atoms with Crippen LogP contribution in [0.25, 0.3) is 0 Å². The fourth-order valence-electron chi connectivity index (χ4n) is 1.31. The molecule has 0 bridgehead atoms. The van der Waals surface area contributed by atoms with E-state index in [-0.39, 0.29) is 35.4 Å². The molecule has 1 aromatic rings. The molecule has 0 radical (unpaired) electrons. The quantitative estimate of drug-likeness (QED) is 0.359. The monoisotopic (exact) mass is 373 g/mol. The molecular weight excluding hydrogens is 362 g/mol. The third-order valence-corrected chi connectivity index (χ3v) is 2.89. The lowest BCUT2D eigenvalue weighted by Crippen LogP contribution is -2.18. The first-order chi connectivity index (χ1) is 9.70. The molecule has 1 aromatic carbocycles. The first-order valence-corrected chi connectivity index (χ1v) is 6.56. The summed E-state index contributed by atoms with van der Waals surface area (Å²) in [5.41, 5.74) is 5.16. The van der Waals surface area contributed by atoms with E-state index in [1.54, 1.807) is 0 Å². The molecule has 0 aromatic heterocycles. The van der Waals surface area contributed by atoms with E-state index in [1.807, 2.05) is 0 Å². The molecule has 0 aliphatic carbocycles. The molecule has 0 atom stereocenters. The van der Waals surface area contributed by atoms with E-state index < -0.39 is 24.6 Å². The second-order valence-corrected chi connectivity index (χ2v) is 4.87. The number of esters is 1. The molecule has 1 rings (SSSR count). The predicted octanol–water partition coefficient (Wildman–Crippen LogP) is 3.30. The molecule has 4 nitrogen and oxygen atoms in total. The van der Waals surface area contributed by atoms with Gasteiger partial charge >= 0.3 is 12.1 Å². The largest absolute Gasteiger partial charge is 0.462 e. The van der Waals surface area contributed by atoms with Crippen LogP contribution in [-0.2, 0) is 9.47 Å². The molecular formula is C12H12BrF4NO3. The SMILES string of the molecule is Nc1cc(C(=O)OCCCOCC(F)(F)F)c(Br)cc1F. The van der Waals surface area contributed by atoms with E-state index in [0.717, 1.165) is 12.1 Å². The van der Waals surface area contributed by atoms with Crippen molar-refractivity contribution in [3.63, 3.8) is 0 Å². The molecule has 0 saturated carbocycles. The molecule has 0 aliphatic rings. The Morgan fingerprint density at radius 2 is 1.95 bits per heavy atom. The van der Waals surface area contributed by atoms with Crippen LogP contribution >= 0.6 is 15.9 Å². The molecule has 0 fully saturated rings. The fourth-order valence-corrected chi connectivity index (χ4v) is 1.79. The average Bonchev–Trinajstić information content (AvgIpc) is 2.36. The highest BCUT2D eigenvalue weighted by molar-refractivity contribution is 9.10. The van der Waals surface area contributed by atoms with E-state index in [9.17, 15) is 22.4 Å². The van der Waals surface area contributed by atoms with E-state index >= 15 is 0 Å². The van der Waals surface area contributed by atoms with Crippen molar-refractivity contribution >= 4 is 27.6 Å². The van der Waals surface area contributed by atoms with Crippen molar-refractivity contribution < 1.29 is 31.8 Å². The third-order valence-electron chi connectivity index (χ3n) is 2.24. The van der Waals surface area contributed by atoms with Gasteiger partial charge in [0.1, 0.15) is 12.4 Å². The second-order valence-electron chi connectivity index (χ2n) is 4.01. The van der Waals surface area contributed by atoms with E-state index in [0.29, 0.717) is 0 Å². The third kappa shape index (κ3) is 6.30. The summed E-state index contributed by atoms with van der Waals surface area (Å²) in [6.07, 6.45) is -4.27. The summed E-state index contributed by atoms with van der Waals surface area (Å²) in [4.78, 5) is 11.7. The average molecular weight is 374 g/mol. The summed E-state index contributed by atoms with van der Waals surface area (Å²) in [5.74, 6) is -1.44. The molecule has 0 saturated heterocycles. The Hall–Kier alpha value is -1.35. The molecule has 0 unspecified atom stereocenters. The Labute approximate surface area is 126 Å². The zero-order valence-corrected chi connectivity index (χ0v) is 12.3. The highest BCUT2D eigenvalue weighted by Crippen LogP contribution is 2.23. The van der Waals surface area contributed by atoms with Crippen molar-refractivity contribution in [2.75, 3.05) is 25.6 Å². The number of hydrogen-bond acceptors (Lipinski definition) is 4. The summed E-state index contributed by atoms with van der Waals surface area (Å²) in [6, 6.07) is 2.14. The molecule has 118 valence electrons. The molecule has 0 heterocycles. The predicted molar refractivity (Wildman–Crippen MR) is 70.3 cm³/mol. The number of nitrogen functional groups attached to an aromatic ring is 1. The van der Waals surface area contributed by atoms with Crippen LogP contribution in [-0.4, -0.2) is 32.0 Å². The summed E-state index contributed by atoms with van der Waals surface area (Å²) in [7, 11) is 0. The van der Waals surface area contributed by atoms with Gasteiger partial charge < -0.3 is 15.2 Å². The van der Waals surface area contributed by atoms with Gasteiger partial charge in [-0.3, -0.25) is 0 Å². The zero-order valence-electron chi connectivity index (χ0n) is 10.7. The van der Waals surface area contributed by atoms with Gasteiger partial charge in [-0.1, -0.05) is 0 Å². The summed E-state index contributed by atoms with van der Waals surface area (Å²) in [5, 5.41) is 0. The van der Waals surface area contributed by atoms with Crippen LogP contribution in [0, 0.1) is 5.82 Å². The van der Waals surface area contributed by atoms with Crippen LogP contribution in [0.5, 0.6) is 0 Å². The molecule has 0 aliphatic heterocycles. The number of hydrogen-bond donors (Lipinski definition) is 1. The Morgan fingerprint density at radius 1 is 1.29 bits per heavy atom. The minimum Gasteiger partial charge on any atom is -0.462 e. The van der Waals surface area contributed by atoms with Crippen molar-refractivity contribution in [3.05, 3.63) is 28.0 Å². The lowest BCUT2D eigenvalue weighted by atomic mass is 10.2. The number of carbonyl (C=O) groups excluding carboxylic acids is 1. The molecule has 9 heteroatoms. The Kier molecular flexibility index (Phi) is 6.41. The van der Waals surface area contributed by atoms with Gasteiger partial charge in [-0.25, -0.2) is 9.18 Å². The summed E-state index contributed by atoms with van der Waals surface area (Å²) < 4.78 is 57.8. The van der Waals surface area contributed by atoms with Crippen LogP contribution < -0.4 is 5.73 Å². The van der Waals surface area contributed by atoms with Crippen LogP contribution in [0.4, 0.5) is 23.2 Å². The topological polar surface area (TPSA) is 61.6 Å². The lowest BCUT2D eigenvalue weighted by Gasteiger charge is -2.09. The Morgan fingerprint density at radius 3 is 2.57 bits per heavy atom. The summed E-state index contributed by atoms with van der Waals surface area (Å²) >= 11 is 2.99. The minimum absolute atomic E-state index is 0.0325. The number of nitrogens with two attached hydrogens (primary N) is 1. The fraction of sp³-hybridized carbons (Fsp3) is 0.417. The van der Waals surface area contributed by atoms with E-state index in [2.05, 4.69) is 20.7 Å². The number of alkyl halides is 3. The molecule has 0 amide bonds.